The van der Waals surface area contributed by atoms with Gasteiger partial charge in [-0.25, -0.2) is 9.07 Å². The second-order valence-electron chi connectivity index (χ2n) is 5.42. The second-order valence-corrected chi connectivity index (χ2v) is 5.42. The molecule has 0 fully saturated rings. The number of ether oxygens (including phenoxy) is 1. The summed E-state index contributed by atoms with van der Waals surface area (Å²) in [6, 6.07) is 12.8. The van der Waals surface area contributed by atoms with E-state index in [1.54, 1.807) is 25.1 Å². The molecule has 0 saturated carbocycles. The number of alkyl halides is 2. The number of benzene rings is 2. The average molecular weight is 361 g/mol. The highest BCUT2D eigenvalue weighted by atomic mass is 19.3. The van der Waals surface area contributed by atoms with Gasteiger partial charge in [0.2, 0.25) is 0 Å². The van der Waals surface area contributed by atoms with Crippen LogP contribution in [0.2, 0.25) is 0 Å². The van der Waals surface area contributed by atoms with E-state index in [9.17, 15) is 18.0 Å². The van der Waals surface area contributed by atoms with Crippen LogP contribution >= 0.6 is 0 Å². The molecule has 0 atom stereocenters. The van der Waals surface area contributed by atoms with Gasteiger partial charge < -0.3 is 10.1 Å². The third kappa shape index (κ3) is 4.02. The van der Waals surface area contributed by atoms with Crippen molar-refractivity contribution < 1.29 is 22.7 Å². The Morgan fingerprint density at radius 3 is 2.38 bits per heavy atom. The maximum absolute atomic E-state index is 13.0. The lowest BCUT2D eigenvalue weighted by molar-refractivity contribution is -0.0498. The molecule has 26 heavy (non-hydrogen) atoms. The van der Waals surface area contributed by atoms with Gasteiger partial charge >= 0.3 is 6.61 Å². The van der Waals surface area contributed by atoms with Crippen molar-refractivity contribution in [2.45, 2.75) is 13.5 Å². The molecule has 0 aliphatic heterocycles. The standard InChI is InChI=1S/C18H14F3N3O2/c1-11-10-16(23-24(11)14-6-2-12(19)3-7-14)17(25)22-13-4-8-15(9-5-13)26-18(20)21/h2-10,18H,1H3,(H,22,25). The zero-order valence-electron chi connectivity index (χ0n) is 13.6. The van der Waals surface area contributed by atoms with Crippen molar-refractivity contribution >= 4 is 11.6 Å². The lowest BCUT2D eigenvalue weighted by atomic mass is 10.3. The molecule has 0 aliphatic carbocycles. The predicted octanol–water partition coefficient (Wildman–Crippen LogP) is 4.17. The van der Waals surface area contributed by atoms with E-state index in [-0.39, 0.29) is 17.3 Å². The summed E-state index contributed by atoms with van der Waals surface area (Å²) < 4.78 is 43.1. The zero-order valence-corrected chi connectivity index (χ0v) is 13.6. The number of rotatable bonds is 5. The van der Waals surface area contributed by atoms with Crippen molar-refractivity contribution in [3.8, 4) is 11.4 Å². The molecule has 3 aromatic rings. The van der Waals surface area contributed by atoms with Gasteiger partial charge in [0, 0.05) is 11.4 Å². The van der Waals surface area contributed by atoms with Crippen molar-refractivity contribution in [2.24, 2.45) is 0 Å². The lowest BCUT2D eigenvalue weighted by Gasteiger charge is -2.06. The van der Waals surface area contributed by atoms with Crippen LogP contribution in [-0.4, -0.2) is 22.3 Å². The Bertz CT molecular complexity index is 906. The van der Waals surface area contributed by atoms with Crippen LogP contribution < -0.4 is 10.1 Å². The number of aromatic nitrogens is 2. The molecule has 0 spiro atoms. The van der Waals surface area contributed by atoms with Crippen LogP contribution in [0.4, 0.5) is 18.9 Å². The van der Waals surface area contributed by atoms with Gasteiger partial charge in [0.1, 0.15) is 11.6 Å². The number of carbonyl (C=O) groups excluding carboxylic acids is 1. The summed E-state index contributed by atoms with van der Waals surface area (Å²) >= 11 is 0. The quantitative estimate of drug-likeness (QED) is 0.742. The molecule has 0 radical (unpaired) electrons. The Hall–Kier alpha value is -3.29. The minimum Gasteiger partial charge on any atom is -0.435 e. The number of anilines is 1. The molecule has 0 unspecified atom stereocenters. The number of carbonyl (C=O) groups is 1. The highest BCUT2D eigenvalue weighted by Gasteiger charge is 2.14. The normalized spacial score (nSPS) is 10.8. The lowest BCUT2D eigenvalue weighted by Crippen LogP contribution is -2.13. The molecule has 0 saturated heterocycles. The molecule has 1 amide bonds. The largest absolute Gasteiger partial charge is 0.435 e. The van der Waals surface area contributed by atoms with Crippen molar-refractivity contribution in [1.29, 1.82) is 0 Å². The number of hydrogen-bond donors (Lipinski definition) is 1. The molecule has 1 N–H and O–H groups in total. The number of nitrogens with zero attached hydrogens (tertiary/aromatic N) is 2. The smallest absolute Gasteiger partial charge is 0.387 e. The van der Waals surface area contributed by atoms with Gasteiger partial charge in [-0.05, 0) is 61.5 Å². The van der Waals surface area contributed by atoms with Gasteiger partial charge in [0.25, 0.3) is 5.91 Å². The monoisotopic (exact) mass is 361 g/mol. The van der Waals surface area contributed by atoms with Gasteiger partial charge in [-0.1, -0.05) is 0 Å². The fourth-order valence-corrected chi connectivity index (χ4v) is 2.34. The van der Waals surface area contributed by atoms with Crippen LogP contribution in [0.5, 0.6) is 5.75 Å². The van der Waals surface area contributed by atoms with Gasteiger partial charge in [-0.2, -0.15) is 13.9 Å². The minimum atomic E-state index is -2.91. The number of amides is 1. The topological polar surface area (TPSA) is 56.1 Å². The SMILES string of the molecule is Cc1cc(C(=O)Nc2ccc(OC(F)F)cc2)nn1-c1ccc(F)cc1. The van der Waals surface area contributed by atoms with Crippen LogP contribution in [-0.2, 0) is 0 Å². The van der Waals surface area contributed by atoms with Crippen molar-refractivity contribution in [3.63, 3.8) is 0 Å². The zero-order chi connectivity index (χ0) is 18.7. The van der Waals surface area contributed by atoms with E-state index in [0.717, 1.165) is 0 Å². The first-order valence-electron chi connectivity index (χ1n) is 7.61. The molecule has 3 rings (SSSR count). The van der Waals surface area contributed by atoms with E-state index in [1.807, 2.05) is 0 Å². The Balaban J connectivity index is 1.74. The van der Waals surface area contributed by atoms with Gasteiger partial charge in [0.15, 0.2) is 5.69 Å². The third-order valence-corrected chi connectivity index (χ3v) is 3.53. The maximum Gasteiger partial charge on any atom is 0.387 e. The summed E-state index contributed by atoms with van der Waals surface area (Å²) in [7, 11) is 0. The molecule has 1 heterocycles. The molecular weight excluding hydrogens is 347 g/mol. The summed E-state index contributed by atoms with van der Waals surface area (Å²) in [4.78, 5) is 12.3. The molecular formula is C18H14F3N3O2. The van der Waals surface area contributed by atoms with Gasteiger partial charge in [-0.3, -0.25) is 4.79 Å². The third-order valence-electron chi connectivity index (χ3n) is 3.53. The Morgan fingerprint density at radius 1 is 1.12 bits per heavy atom. The van der Waals surface area contributed by atoms with Crippen LogP contribution in [0, 0.1) is 12.7 Å². The van der Waals surface area contributed by atoms with Gasteiger partial charge in [0.05, 0.1) is 5.69 Å². The Kier molecular flexibility index (Phi) is 4.92. The van der Waals surface area contributed by atoms with E-state index in [2.05, 4.69) is 15.2 Å². The highest BCUT2D eigenvalue weighted by Crippen LogP contribution is 2.19. The highest BCUT2D eigenvalue weighted by molar-refractivity contribution is 6.03. The second kappa shape index (κ2) is 7.30. The molecule has 134 valence electrons. The van der Waals surface area contributed by atoms with Crippen molar-refractivity contribution in [2.75, 3.05) is 5.32 Å². The average Bonchev–Trinajstić information content (AvgIpc) is 2.99. The molecule has 0 bridgehead atoms. The van der Waals surface area contributed by atoms with E-state index < -0.39 is 12.5 Å². The first-order chi connectivity index (χ1) is 12.4. The first-order valence-corrected chi connectivity index (χ1v) is 7.61. The molecule has 1 aromatic heterocycles. The summed E-state index contributed by atoms with van der Waals surface area (Å²) in [5, 5.41) is 6.84. The summed E-state index contributed by atoms with van der Waals surface area (Å²) in [6.45, 7) is -1.14. The fourth-order valence-electron chi connectivity index (χ4n) is 2.34. The maximum atomic E-state index is 13.0. The number of aryl methyl sites for hydroxylation is 1. The number of nitrogens with one attached hydrogen (secondary N) is 1. The summed E-state index contributed by atoms with van der Waals surface area (Å²) in [5.74, 6) is -0.832. The fraction of sp³-hybridized carbons (Fsp3) is 0.111. The molecule has 8 heteroatoms. The molecule has 0 aliphatic rings. The first kappa shape index (κ1) is 17.5. The van der Waals surface area contributed by atoms with E-state index in [1.165, 1.54) is 41.1 Å². The van der Waals surface area contributed by atoms with Crippen LogP contribution in [0.3, 0.4) is 0 Å². The number of halogens is 3. The van der Waals surface area contributed by atoms with Gasteiger partial charge in [-0.15, -0.1) is 0 Å². The molecule has 5 nitrogen and oxygen atoms in total. The summed E-state index contributed by atoms with van der Waals surface area (Å²) in [5.41, 5.74) is 1.89. The van der Waals surface area contributed by atoms with E-state index in [0.29, 0.717) is 17.1 Å². The van der Waals surface area contributed by atoms with E-state index in [4.69, 9.17) is 0 Å². The van der Waals surface area contributed by atoms with Crippen molar-refractivity contribution in [1.82, 2.24) is 9.78 Å². The number of hydrogen-bond acceptors (Lipinski definition) is 3. The van der Waals surface area contributed by atoms with Crippen LogP contribution in [0.15, 0.2) is 54.6 Å². The minimum absolute atomic E-state index is 0.00516. The Morgan fingerprint density at radius 2 is 1.77 bits per heavy atom. The van der Waals surface area contributed by atoms with Crippen molar-refractivity contribution in [3.05, 3.63) is 71.8 Å². The van der Waals surface area contributed by atoms with E-state index >= 15 is 0 Å². The summed E-state index contributed by atoms with van der Waals surface area (Å²) in [6.07, 6.45) is 0. The Labute approximate surface area is 147 Å². The van der Waals surface area contributed by atoms with Crippen LogP contribution in [0.1, 0.15) is 16.2 Å². The predicted molar refractivity (Wildman–Crippen MR) is 89.3 cm³/mol. The molecule has 2 aromatic carbocycles. The van der Waals surface area contributed by atoms with Crippen LogP contribution in [0.25, 0.3) is 5.69 Å².